The molecule has 1 heterocycles. The summed E-state index contributed by atoms with van der Waals surface area (Å²) in [6.07, 6.45) is 4.01. The Kier molecular flexibility index (Phi) is 9.57. The minimum atomic E-state index is -0.699. The quantitative estimate of drug-likeness (QED) is 0.327. The van der Waals surface area contributed by atoms with Gasteiger partial charge in [0.15, 0.2) is 0 Å². The number of amides is 2. The molecule has 2 amide bonds. The van der Waals surface area contributed by atoms with Crippen LogP contribution >= 0.6 is 27.3 Å². The zero-order valence-corrected chi connectivity index (χ0v) is 21.3. The first-order valence-corrected chi connectivity index (χ1v) is 12.9. The van der Waals surface area contributed by atoms with Crippen molar-refractivity contribution in [1.29, 1.82) is 0 Å². The molecule has 174 valence electrons. The van der Waals surface area contributed by atoms with Crippen LogP contribution in [0.2, 0.25) is 0 Å². The number of carbonyl (C=O) groups excluding carboxylic acids is 2. The van der Waals surface area contributed by atoms with E-state index in [1.165, 1.54) is 11.3 Å². The molecule has 0 aliphatic carbocycles. The van der Waals surface area contributed by atoms with E-state index in [1.807, 2.05) is 61.5 Å². The number of hydrogen-bond donors (Lipinski definition) is 2. The molecule has 2 atom stereocenters. The summed E-state index contributed by atoms with van der Waals surface area (Å²) >= 11 is 4.73. The normalized spacial score (nSPS) is 12.7. The molecule has 0 saturated carbocycles. The van der Waals surface area contributed by atoms with Crippen LogP contribution in [0.4, 0.5) is 5.13 Å². The van der Waals surface area contributed by atoms with Gasteiger partial charge in [-0.15, -0.1) is 10.2 Å². The third-order valence-electron chi connectivity index (χ3n) is 5.43. The number of nitrogens with one attached hydrogen (secondary N) is 2. The van der Waals surface area contributed by atoms with E-state index in [0.717, 1.165) is 41.3 Å². The molecule has 1 aromatic heterocycles. The van der Waals surface area contributed by atoms with E-state index < -0.39 is 6.04 Å². The average Bonchev–Trinajstić information content (AvgIpc) is 3.28. The van der Waals surface area contributed by atoms with Crippen LogP contribution in [0.15, 0.2) is 59.1 Å². The highest BCUT2D eigenvalue weighted by atomic mass is 79.9. The first-order valence-electron chi connectivity index (χ1n) is 11.2. The van der Waals surface area contributed by atoms with Crippen LogP contribution in [0, 0.1) is 5.92 Å². The Labute approximate surface area is 207 Å². The largest absolute Gasteiger partial charge is 0.344 e. The molecule has 33 heavy (non-hydrogen) atoms. The number of benzene rings is 2. The lowest BCUT2D eigenvalue weighted by molar-refractivity contribution is -0.129. The summed E-state index contributed by atoms with van der Waals surface area (Å²) in [5.74, 6) is -0.465. The average molecular weight is 530 g/mol. The van der Waals surface area contributed by atoms with Gasteiger partial charge in [-0.2, -0.15) is 0 Å². The van der Waals surface area contributed by atoms with Crippen molar-refractivity contribution in [3.63, 3.8) is 0 Å². The molecule has 3 aromatic rings. The predicted molar refractivity (Wildman–Crippen MR) is 137 cm³/mol. The summed E-state index contributed by atoms with van der Waals surface area (Å²) in [6, 6.07) is 16.7. The standard InChI is InChI=1S/C25H29BrN4O2S/c1-3-5-11-18(4-2)22(31)27-21(16-17-9-7-6-8-10-17)23(32)28-25-30-29-24(33-25)19-12-14-20(26)15-13-19/h6-10,12-15,18,21H,3-5,11,16H2,1-2H3,(H,27,31)(H,28,30,32). The van der Waals surface area contributed by atoms with E-state index in [9.17, 15) is 9.59 Å². The Bertz CT molecular complexity index is 1040. The SMILES string of the molecule is CCCCC(CC)C(=O)NC(Cc1ccccc1)C(=O)Nc1nnc(-c2ccc(Br)cc2)s1. The molecule has 6 nitrogen and oxygen atoms in total. The minimum Gasteiger partial charge on any atom is -0.344 e. The number of nitrogens with zero attached hydrogens (tertiary/aromatic N) is 2. The van der Waals surface area contributed by atoms with E-state index in [2.05, 4.69) is 43.7 Å². The van der Waals surface area contributed by atoms with Gasteiger partial charge in [0, 0.05) is 22.4 Å². The van der Waals surface area contributed by atoms with E-state index >= 15 is 0 Å². The molecule has 8 heteroatoms. The van der Waals surface area contributed by atoms with Gasteiger partial charge in [0.25, 0.3) is 0 Å². The zero-order chi connectivity index (χ0) is 23.6. The highest BCUT2D eigenvalue weighted by molar-refractivity contribution is 9.10. The van der Waals surface area contributed by atoms with Crippen LogP contribution in [0.25, 0.3) is 10.6 Å². The number of aromatic nitrogens is 2. The predicted octanol–water partition coefficient (Wildman–Crippen LogP) is 5.85. The summed E-state index contributed by atoms with van der Waals surface area (Å²) in [5, 5.41) is 15.3. The van der Waals surface area contributed by atoms with Gasteiger partial charge < -0.3 is 5.32 Å². The molecule has 0 radical (unpaired) electrons. The second-order valence-electron chi connectivity index (χ2n) is 7.91. The van der Waals surface area contributed by atoms with Gasteiger partial charge in [0.05, 0.1) is 0 Å². The van der Waals surface area contributed by atoms with Crippen molar-refractivity contribution in [2.45, 2.75) is 52.0 Å². The minimum absolute atomic E-state index is 0.0742. The van der Waals surface area contributed by atoms with Crippen molar-refractivity contribution in [3.8, 4) is 10.6 Å². The number of hydrogen-bond acceptors (Lipinski definition) is 5. The topological polar surface area (TPSA) is 84.0 Å². The molecule has 3 rings (SSSR count). The molecule has 0 spiro atoms. The summed E-state index contributed by atoms with van der Waals surface area (Å²) in [7, 11) is 0. The van der Waals surface area contributed by atoms with Gasteiger partial charge in [-0.25, -0.2) is 0 Å². The first kappa shape index (κ1) is 25.1. The van der Waals surface area contributed by atoms with Crippen LogP contribution < -0.4 is 10.6 Å². The monoisotopic (exact) mass is 528 g/mol. The Morgan fingerprint density at radius 3 is 2.39 bits per heavy atom. The second kappa shape index (κ2) is 12.6. The molecule has 2 N–H and O–H groups in total. The summed E-state index contributed by atoms with van der Waals surface area (Å²) < 4.78 is 0.980. The van der Waals surface area contributed by atoms with E-state index in [1.54, 1.807) is 0 Å². The lowest BCUT2D eigenvalue weighted by atomic mass is 9.97. The Morgan fingerprint density at radius 1 is 1.00 bits per heavy atom. The molecule has 0 saturated heterocycles. The fraction of sp³-hybridized carbons (Fsp3) is 0.360. The van der Waals surface area contributed by atoms with Gasteiger partial charge in [0.2, 0.25) is 16.9 Å². The molecule has 0 aliphatic heterocycles. The lowest BCUT2D eigenvalue weighted by Gasteiger charge is -2.21. The molecule has 0 bridgehead atoms. The molecule has 2 aromatic carbocycles. The first-order chi connectivity index (χ1) is 16.0. The number of anilines is 1. The van der Waals surface area contributed by atoms with E-state index in [-0.39, 0.29) is 17.7 Å². The zero-order valence-electron chi connectivity index (χ0n) is 18.9. The number of unbranched alkanes of at least 4 members (excludes halogenated alkanes) is 1. The van der Waals surface area contributed by atoms with Crippen molar-refractivity contribution >= 4 is 44.2 Å². The Hall–Kier alpha value is -2.58. The van der Waals surface area contributed by atoms with Crippen molar-refractivity contribution < 1.29 is 9.59 Å². The highest BCUT2D eigenvalue weighted by Gasteiger charge is 2.26. The smallest absolute Gasteiger partial charge is 0.249 e. The number of halogens is 1. The maximum Gasteiger partial charge on any atom is 0.249 e. The summed E-state index contributed by atoms with van der Waals surface area (Å²) in [5.41, 5.74) is 1.90. The molecule has 0 aliphatic rings. The fourth-order valence-electron chi connectivity index (χ4n) is 3.50. The van der Waals surface area contributed by atoms with Crippen LogP contribution in [0.1, 0.15) is 45.1 Å². The molecule has 0 fully saturated rings. The summed E-state index contributed by atoms with van der Waals surface area (Å²) in [4.78, 5) is 26.1. The summed E-state index contributed by atoms with van der Waals surface area (Å²) in [6.45, 7) is 4.12. The fourth-order valence-corrected chi connectivity index (χ4v) is 4.51. The van der Waals surface area contributed by atoms with Crippen molar-refractivity contribution in [3.05, 3.63) is 64.6 Å². The van der Waals surface area contributed by atoms with Gasteiger partial charge in [0.1, 0.15) is 11.0 Å². The van der Waals surface area contributed by atoms with Crippen molar-refractivity contribution in [2.24, 2.45) is 5.92 Å². The van der Waals surface area contributed by atoms with Gasteiger partial charge in [-0.1, -0.05) is 96.4 Å². The molecular formula is C25H29BrN4O2S. The Balaban J connectivity index is 1.73. The van der Waals surface area contributed by atoms with Gasteiger partial charge in [-0.05, 0) is 30.5 Å². The second-order valence-corrected chi connectivity index (χ2v) is 9.80. The van der Waals surface area contributed by atoms with E-state index in [0.29, 0.717) is 16.6 Å². The van der Waals surface area contributed by atoms with Crippen LogP contribution in [0.3, 0.4) is 0 Å². The van der Waals surface area contributed by atoms with Crippen molar-refractivity contribution in [2.75, 3.05) is 5.32 Å². The van der Waals surface area contributed by atoms with Crippen LogP contribution in [0.5, 0.6) is 0 Å². The van der Waals surface area contributed by atoms with Gasteiger partial charge >= 0.3 is 0 Å². The molecule has 2 unspecified atom stereocenters. The maximum absolute atomic E-state index is 13.2. The van der Waals surface area contributed by atoms with E-state index in [4.69, 9.17) is 0 Å². The molecular weight excluding hydrogens is 500 g/mol. The third-order valence-corrected chi connectivity index (χ3v) is 6.85. The maximum atomic E-state index is 13.2. The number of carbonyl (C=O) groups is 2. The van der Waals surface area contributed by atoms with Crippen LogP contribution in [-0.4, -0.2) is 28.1 Å². The van der Waals surface area contributed by atoms with Crippen molar-refractivity contribution in [1.82, 2.24) is 15.5 Å². The van der Waals surface area contributed by atoms with Gasteiger partial charge in [-0.3, -0.25) is 14.9 Å². The highest BCUT2D eigenvalue weighted by Crippen LogP contribution is 2.27. The number of rotatable bonds is 11. The lowest BCUT2D eigenvalue weighted by Crippen LogP contribution is -2.47. The third kappa shape index (κ3) is 7.47. The Morgan fingerprint density at radius 2 is 1.73 bits per heavy atom. The van der Waals surface area contributed by atoms with Crippen LogP contribution in [-0.2, 0) is 16.0 Å².